The number of fused-ring (bicyclic) bond motifs is 1. The quantitative estimate of drug-likeness (QED) is 0.622. The molecule has 0 unspecified atom stereocenters. The van der Waals surface area contributed by atoms with Crippen LogP contribution in [0.2, 0.25) is 0 Å². The third kappa shape index (κ3) is 3.33. The van der Waals surface area contributed by atoms with Gasteiger partial charge in [-0.3, -0.25) is 4.79 Å². The molecule has 0 aromatic carbocycles. The molecule has 25 heavy (non-hydrogen) atoms. The summed E-state index contributed by atoms with van der Waals surface area (Å²) in [6.07, 6.45) is 5.58. The van der Waals surface area contributed by atoms with E-state index in [1.165, 1.54) is 18.0 Å². The number of aromatic nitrogens is 2. The first-order chi connectivity index (χ1) is 12.0. The van der Waals surface area contributed by atoms with Gasteiger partial charge in [0.05, 0.1) is 11.5 Å². The van der Waals surface area contributed by atoms with Crippen molar-refractivity contribution in [1.29, 1.82) is 5.26 Å². The second-order valence-electron chi connectivity index (χ2n) is 5.34. The minimum atomic E-state index is -0.652. The minimum absolute atomic E-state index is 0.00806. The number of thioether (sulfide) groups is 1. The molecule has 2 aromatic heterocycles. The Morgan fingerprint density at radius 3 is 2.76 bits per heavy atom. The molecule has 2 aromatic rings. The molecule has 0 spiro atoms. The number of nitrogens with zero attached hydrogens (tertiary/aromatic N) is 3. The van der Waals surface area contributed by atoms with E-state index in [1.807, 2.05) is 19.2 Å². The van der Waals surface area contributed by atoms with Gasteiger partial charge in [0, 0.05) is 6.20 Å². The van der Waals surface area contributed by atoms with Crippen molar-refractivity contribution in [2.45, 2.75) is 38.0 Å². The van der Waals surface area contributed by atoms with Gasteiger partial charge in [-0.2, -0.15) is 5.26 Å². The van der Waals surface area contributed by atoms with Crippen molar-refractivity contribution in [3.05, 3.63) is 33.2 Å². The molecule has 0 aliphatic carbocycles. The van der Waals surface area contributed by atoms with Crippen molar-refractivity contribution < 1.29 is 9.53 Å². The number of nitrogen functional groups attached to an aromatic ring is 1. The van der Waals surface area contributed by atoms with Crippen molar-refractivity contribution in [3.63, 3.8) is 0 Å². The lowest BCUT2D eigenvalue weighted by atomic mass is 10.0. The van der Waals surface area contributed by atoms with Crippen LogP contribution in [0, 0.1) is 11.3 Å². The normalized spacial score (nSPS) is 10.6. The summed E-state index contributed by atoms with van der Waals surface area (Å²) in [7, 11) is 0. The van der Waals surface area contributed by atoms with Gasteiger partial charge in [0.2, 0.25) is 0 Å². The summed E-state index contributed by atoms with van der Waals surface area (Å²) >= 11 is 1.40. The van der Waals surface area contributed by atoms with Gasteiger partial charge in [-0.25, -0.2) is 14.2 Å². The van der Waals surface area contributed by atoms with E-state index < -0.39 is 11.5 Å². The molecule has 2 N–H and O–H groups in total. The van der Waals surface area contributed by atoms with Crippen molar-refractivity contribution in [2.75, 3.05) is 18.6 Å². The zero-order chi connectivity index (χ0) is 18.6. The maximum absolute atomic E-state index is 12.8. The zero-order valence-electron chi connectivity index (χ0n) is 14.5. The lowest BCUT2D eigenvalue weighted by Gasteiger charge is -2.15. The molecule has 7 nitrogen and oxygen atoms in total. The van der Waals surface area contributed by atoms with Gasteiger partial charge >= 0.3 is 5.97 Å². The fraction of sp³-hybridized carbons (Fsp3) is 0.412. The number of anilines is 1. The predicted octanol–water partition coefficient (Wildman–Crippen LogP) is 2.39. The van der Waals surface area contributed by atoms with Gasteiger partial charge in [-0.05, 0) is 31.6 Å². The van der Waals surface area contributed by atoms with E-state index in [2.05, 4.69) is 4.98 Å². The van der Waals surface area contributed by atoms with E-state index in [-0.39, 0.29) is 23.6 Å². The fourth-order valence-corrected chi connectivity index (χ4v) is 3.40. The minimum Gasteiger partial charge on any atom is -0.462 e. The summed E-state index contributed by atoms with van der Waals surface area (Å²) in [4.78, 5) is 29.8. The first kappa shape index (κ1) is 18.8. The highest BCUT2D eigenvalue weighted by Crippen LogP contribution is 2.29. The van der Waals surface area contributed by atoms with Crippen LogP contribution in [0.4, 0.5) is 5.82 Å². The number of nitrogens with two attached hydrogens (primary N) is 1. The zero-order valence-corrected chi connectivity index (χ0v) is 15.3. The maximum atomic E-state index is 12.8. The number of nitriles is 1. The van der Waals surface area contributed by atoms with E-state index >= 15 is 0 Å². The number of hydrogen-bond acceptors (Lipinski definition) is 7. The average Bonchev–Trinajstić information content (AvgIpc) is 2.60. The van der Waals surface area contributed by atoms with Gasteiger partial charge < -0.3 is 10.5 Å². The molecular formula is C17H20N4O3S. The van der Waals surface area contributed by atoms with E-state index in [1.54, 1.807) is 6.92 Å². The van der Waals surface area contributed by atoms with Gasteiger partial charge in [-0.15, -0.1) is 11.8 Å². The Labute approximate surface area is 149 Å². The van der Waals surface area contributed by atoms with Crippen molar-refractivity contribution >= 4 is 29.2 Å². The number of pyridine rings is 1. The molecule has 0 saturated heterocycles. The van der Waals surface area contributed by atoms with Crippen LogP contribution in [0.1, 0.15) is 48.2 Å². The summed E-state index contributed by atoms with van der Waals surface area (Å²) < 4.78 is 6.07. The van der Waals surface area contributed by atoms with Crippen LogP contribution in [0.15, 0.2) is 15.9 Å². The van der Waals surface area contributed by atoms with Crippen LogP contribution in [-0.4, -0.2) is 28.2 Å². The molecule has 0 amide bonds. The first-order valence-electron chi connectivity index (χ1n) is 7.98. The summed E-state index contributed by atoms with van der Waals surface area (Å²) in [5.74, 6) is -0.720. The Kier molecular flexibility index (Phi) is 6.04. The standard InChI is InChI=1S/C17H20N4O3S/c1-4-6-7-10-11(8-18)16(22)21-14(19)12(17(23)24-5-2)9-20-15(21)13(10)25-3/h9H,4-7,19H2,1-3H3. The Bertz CT molecular complexity index is 915. The smallest absolute Gasteiger partial charge is 0.343 e. The maximum Gasteiger partial charge on any atom is 0.343 e. The van der Waals surface area contributed by atoms with Crippen molar-refractivity contribution in [3.8, 4) is 6.07 Å². The summed E-state index contributed by atoms with van der Waals surface area (Å²) in [6.45, 7) is 3.90. The predicted molar refractivity (Wildman–Crippen MR) is 96.9 cm³/mol. The summed E-state index contributed by atoms with van der Waals surface area (Å²) in [6, 6.07) is 1.99. The molecule has 0 aliphatic heterocycles. The van der Waals surface area contributed by atoms with Crippen molar-refractivity contribution in [2.24, 2.45) is 0 Å². The number of rotatable bonds is 6. The Morgan fingerprint density at radius 2 is 2.20 bits per heavy atom. The third-order valence-electron chi connectivity index (χ3n) is 3.83. The van der Waals surface area contributed by atoms with Gasteiger partial charge in [0.15, 0.2) is 5.65 Å². The SMILES string of the molecule is CCCCc1c(C#N)c(=O)n2c(N)c(C(=O)OCC)cnc2c1SC. The molecule has 2 rings (SSSR count). The lowest BCUT2D eigenvalue weighted by Crippen LogP contribution is -2.25. The third-order valence-corrected chi connectivity index (χ3v) is 4.67. The highest BCUT2D eigenvalue weighted by atomic mass is 32.2. The molecule has 2 heterocycles. The highest BCUT2D eigenvalue weighted by molar-refractivity contribution is 7.98. The second kappa shape index (κ2) is 8.03. The average molecular weight is 360 g/mol. The number of carbonyl (C=O) groups excluding carboxylic acids is 1. The molecule has 8 heteroatoms. The number of hydrogen-bond donors (Lipinski definition) is 1. The van der Waals surface area contributed by atoms with E-state index in [9.17, 15) is 14.9 Å². The Hall–Kier alpha value is -2.53. The van der Waals surface area contributed by atoms with Crippen LogP contribution in [0.25, 0.3) is 5.65 Å². The Balaban J connectivity index is 2.87. The van der Waals surface area contributed by atoms with E-state index in [4.69, 9.17) is 10.5 Å². The Morgan fingerprint density at radius 1 is 1.48 bits per heavy atom. The van der Waals surface area contributed by atoms with Crippen LogP contribution in [0.3, 0.4) is 0 Å². The highest BCUT2D eigenvalue weighted by Gasteiger charge is 2.22. The number of carbonyl (C=O) groups is 1. The molecule has 132 valence electrons. The monoisotopic (exact) mass is 360 g/mol. The molecule has 0 radical (unpaired) electrons. The van der Waals surface area contributed by atoms with Crippen LogP contribution < -0.4 is 11.3 Å². The molecule has 0 fully saturated rings. The lowest BCUT2D eigenvalue weighted by molar-refractivity contribution is 0.0526. The number of ether oxygens (including phenoxy) is 1. The largest absolute Gasteiger partial charge is 0.462 e. The van der Waals surface area contributed by atoms with E-state index in [0.29, 0.717) is 17.6 Å². The molecule has 0 atom stereocenters. The summed E-state index contributed by atoms with van der Waals surface area (Å²) in [5.41, 5.74) is 6.60. The summed E-state index contributed by atoms with van der Waals surface area (Å²) in [5, 5.41) is 9.51. The van der Waals surface area contributed by atoms with E-state index in [0.717, 1.165) is 22.1 Å². The van der Waals surface area contributed by atoms with Crippen LogP contribution in [0.5, 0.6) is 0 Å². The molecule has 0 saturated carbocycles. The molecular weight excluding hydrogens is 340 g/mol. The fourth-order valence-electron chi connectivity index (χ4n) is 2.63. The number of esters is 1. The topological polar surface area (TPSA) is 110 Å². The molecule has 0 bridgehead atoms. The van der Waals surface area contributed by atoms with Gasteiger partial charge in [0.1, 0.15) is 23.0 Å². The number of unbranched alkanes of at least 4 members (excludes halogenated alkanes) is 1. The molecule has 0 aliphatic rings. The van der Waals surface area contributed by atoms with Crippen LogP contribution >= 0.6 is 11.8 Å². The first-order valence-corrected chi connectivity index (χ1v) is 9.21. The second-order valence-corrected chi connectivity index (χ2v) is 6.16. The van der Waals surface area contributed by atoms with Gasteiger partial charge in [-0.1, -0.05) is 13.3 Å². The van der Waals surface area contributed by atoms with Crippen molar-refractivity contribution in [1.82, 2.24) is 9.38 Å². The van der Waals surface area contributed by atoms with Gasteiger partial charge in [0.25, 0.3) is 5.56 Å². The van der Waals surface area contributed by atoms with Crippen LogP contribution in [-0.2, 0) is 11.2 Å².